The van der Waals surface area contributed by atoms with Crippen LogP contribution in [0.3, 0.4) is 0 Å². The highest BCUT2D eigenvalue weighted by atomic mass is 19.1. The smallest absolute Gasteiger partial charge is 0.270 e. The Hall–Kier alpha value is -3.03. The number of hydrogen-bond acceptors (Lipinski definition) is 4. The fourth-order valence-electron chi connectivity index (χ4n) is 4.22. The number of ether oxygens (including phenoxy) is 1. The Kier molecular flexibility index (Phi) is 6.01. The standard InChI is InChI=1S/C25H27FN4O2/c26-20-10-8-19(9-11-20)24(29-12-14-32-15-13-29)17-27-25(31)23-16-22(18-6-7-18)28-30(23)21-4-2-1-3-5-21/h1-5,8-11,16,18,24H,6-7,12-15,17H2,(H,27,31)/t24-/m1/s1. The number of benzene rings is 2. The van der Waals surface area contributed by atoms with Crippen molar-refractivity contribution in [3.05, 3.63) is 83.4 Å². The Bertz CT molecular complexity index is 1060. The van der Waals surface area contributed by atoms with E-state index in [1.165, 1.54) is 12.1 Å². The van der Waals surface area contributed by atoms with E-state index in [1.54, 1.807) is 16.8 Å². The lowest BCUT2D eigenvalue weighted by Gasteiger charge is -2.35. The van der Waals surface area contributed by atoms with Gasteiger partial charge in [0.25, 0.3) is 5.91 Å². The van der Waals surface area contributed by atoms with Gasteiger partial charge in [0.05, 0.1) is 30.6 Å². The minimum Gasteiger partial charge on any atom is -0.379 e. The maximum atomic E-state index is 13.5. The number of morpholine rings is 1. The summed E-state index contributed by atoms with van der Waals surface area (Å²) in [7, 11) is 0. The highest BCUT2D eigenvalue weighted by molar-refractivity contribution is 5.93. The van der Waals surface area contributed by atoms with Gasteiger partial charge in [-0.1, -0.05) is 30.3 Å². The zero-order valence-electron chi connectivity index (χ0n) is 17.9. The van der Waals surface area contributed by atoms with Gasteiger partial charge in [0.2, 0.25) is 0 Å². The van der Waals surface area contributed by atoms with Crippen LogP contribution in [0.1, 0.15) is 46.5 Å². The van der Waals surface area contributed by atoms with Gasteiger partial charge < -0.3 is 10.1 Å². The van der Waals surface area contributed by atoms with E-state index in [4.69, 9.17) is 9.84 Å². The molecule has 2 aromatic carbocycles. The molecule has 0 radical (unpaired) electrons. The van der Waals surface area contributed by atoms with Gasteiger partial charge in [-0.25, -0.2) is 9.07 Å². The van der Waals surface area contributed by atoms with E-state index in [0.717, 1.165) is 42.9 Å². The van der Waals surface area contributed by atoms with Crippen molar-refractivity contribution in [2.24, 2.45) is 0 Å². The van der Waals surface area contributed by atoms with Gasteiger partial charge in [-0.05, 0) is 48.7 Å². The Labute approximate surface area is 187 Å². The fourth-order valence-corrected chi connectivity index (χ4v) is 4.22. The summed E-state index contributed by atoms with van der Waals surface area (Å²) < 4.78 is 20.7. The SMILES string of the molecule is O=C(NC[C@H](c1ccc(F)cc1)N1CCOCC1)c1cc(C2CC2)nn1-c1ccccc1. The van der Waals surface area contributed by atoms with Crippen molar-refractivity contribution in [1.29, 1.82) is 0 Å². The van der Waals surface area contributed by atoms with Crippen molar-refractivity contribution in [2.45, 2.75) is 24.8 Å². The van der Waals surface area contributed by atoms with Crippen molar-refractivity contribution >= 4 is 5.91 Å². The van der Waals surface area contributed by atoms with E-state index in [1.807, 2.05) is 36.4 Å². The summed E-state index contributed by atoms with van der Waals surface area (Å²) in [6.07, 6.45) is 2.24. The van der Waals surface area contributed by atoms with Crippen LogP contribution in [0, 0.1) is 5.82 Å². The van der Waals surface area contributed by atoms with Crippen LogP contribution in [0.4, 0.5) is 4.39 Å². The Balaban J connectivity index is 1.38. The highest BCUT2D eigenvalue weighted by Gasteiger charge is 2.30. The van der Waals surface area contributed by atoms with Crippen molar-refractivity contribution in [3.8, 4) is 5.69 Å². The highest BCUT2D eigenvalue weighted by Crippen LogP contribution is 2.39. The number of para-hydroxylation sites is 1. The largest absolute Gasteiger partial charge is 0.379 e. The molecule has 2 aliphatic rings. The number of aromatic nitrogens is 2. The Morgan fingerprint density at radius 1 is 1.09 bits per heavy atom. The number of amides is 1. The Morgan fingerprint density at radius 3 is 2.50 bits per heavy atom. The molecule has 1 N–H and O–H groups in total. The maximum Gasteiger partial charge on any atom is 0.270 e. The van der Waals surface area contributed by atoms with Crippen LogP contribution in [0.5, 0.6) is 0 Å². The molecule has 2 fully saturated rings. The van der Waals surface area contributed by atoms with Crippen LogP contribution in [0.2, 0.25) is 0 Å². The molecule has 0 spiro atoms. The van der Waals surface area contributed by atoms with Crippen molar-refractivity contribution < 1.29 is 13.9 Å². The van der Waals surface area contributed by atoms with Gasteiger partial charge in [0.1, 0.15) is 11.5 Å². The molecule has 166 valence electrons. The van der Waals surface area contributed by atoms with E-state index in [-0.39, 0.29) is 17.8 Å². The van der Waals surface area contributed by atoms with E-state index in [2.05, 4.69) is 10.2 Å². The van der Waals surface area contributed by atoms with Crippen LogP contribution < -0.4 is 5.32 Å². The zero-order chi connectivity index (χ0) is 21.9. The first-order valence-electron chi connectivity index (χ1n) is 11.2. The lowest BCUT2D eigenvalue weighted by atomic mass is 10.0. The molecule has 1 saturated carbocycles. The molecule has 6 nitrogen and oxygen atoms in total. The second-order valence-electron chi connectivity index (χ2n) is 8.40. The lowest BCUT2D eigenvalue weighted by Crippen LogP contribution is -2.44. The molecule has 2 heterocycles. The zero-order valence-corrected chi connectivity index (χ0v) is 17.9. The van der Waals surface area contributed by atoms with Crippen LogP contribution in [-0.4, -0.2) is 53.4 Å². The number of carbonyl (C=O) groups excluding carboxylic acids is 1. The maximum absolute atomic E-state index is 13.5. The first-order valence-corrected chi connectivity index (χ1v) is 11.2. The quantitative estimate of drug-likeness (QED) is 0.616. The van der Waals surface area contributed by atoms with Crippen molar-refractivity contribution in [1.82, 2.24) is 20.0 Å². The third-order valence-electron chi connectivity index (χ3n) is 6.15. The monoisotopic (exact) mass is 434 g/mol. The van der Waals surface area contributed by atoms with E-state index in [9.17, 15) is 9.18 Å². The molecule has 7 heteroatoms. The fraction of sp³-hybridized carbons (Fsp3) is 0.360. The van der Waals surface area contributed by atoms with Crippen LogP contribution in [0.15, 0.2) is 60.7 Å². The van der Waals surface area contributed by atoms with E-state index >= 15 is 0 Å². The molecule has 0 bridgehead atoms. The molecule has 0 unspecified atom stereocenters. The predicted molar refractivity (Wildman–Crippen MR) is 119 cm³/mol. The van der Waals surface area contributed by atoms with Gasteiger partial charge in [0, 0.05) is 25.6 Å². The topological polar surface area (TPSA) is 59.4 Å². The van der Waals surface area contributed by atoms with Crippen LogP contribution in [-0.2, 0) is 4.74 Å². The normalized spacial score (nSPS) is 17.8. The minimum atomic E-state index is -0.266. The number of nitrogens with one attached hydrogen (secondary N) is 1. The van der Waals surface area contributed by atoms with E-state index < -0.39 is 0 Å². The summed E-state index contributed by atoms with van der Waals surface area (Å²) >= 11 is 0. The predicted octanol–water partition coefficient (Wildman–Crippen LogP) is 3.69. The molecule has 1 aliphatic carbocycles. The van der Waals surface area contributed by atoms with E-state index in [0.29, 0.717) is 31.4 Å². The molecule has 1 amide bonds. The molecular weight excluding hydrogens is 407 g/mol. The van der Waals surface area contributed by atoms with Gasteiger partial charge >= 0.3 is 0 Å². The summed E-state index contributed by atoms with van der Waals surface area (Å²) in [4.78, 5) is 15.6. The Morgan fingerprint density at radius 2 is 1.81 bits per heavy atom. The summed E-state index contributed by atoms with van der Waals surface area (Å²) in [6, 6.07) is 18.1. The molecule has 1 saturated heterocycles. The van der Waals surface area contributed by atoms with Crippen LogP contribution in [0.25, 0.3) is 5.69 Å². The van der Waals surface area contributed by atoms with Gasteiger partial charge in [-0.2, -0.15) is 5.10 Å². The van der Waals surface area contributed by atoms with Gasteiger partial charge in [-0.15, -0.1) is 0 Å². The minimum absolute atomic E-state index is 0.0561. The molecule has 1 atom stereocenters. The second kappa shape index (κ2) is 9.22. The lowest BCUT2D eigenvalue weighted by molar-refractivity contribution is 0.0162. The number of rotatable bonds is 7. The summed E-state index contributed by atoms with van der Waals surface area (Å²) in [5.74, 6) is 0.0262. The summed E-state index contributed by atoms with van der Waals surface area (Å²) in [5.41, 5.74) is 3.36. The molecule has 32 heavy (non-hydrogen) atoms. The first-order chi connectivity index (χ1) is 15.7. The molecule has 3 aromatic rings. The van der Waals surface area contributed by atoms with Crippen LogP contribution >= 0.6 is 0 Å². The van der Waals surface area contributed by atoms with Gasteiger partial charge in [0.15, 0.2) is 0 Å². The molecule has 5 rings (SSSR count). The van der Waals surface area contributed by atoms with Crippen molar-refractivity contribution in [2.75, 3.05) is 32.8 Å². The summed E-state index contributed by atoms with van der Waals surface area (Å²) in [5, 5.41) is 7.85. The number of hydrogen-bond donors (Lipinski definition) is 1. The molecular formula is C25H27FN4O2. The number of nitrogens with zero attached hydrogens (tertiary/aromatic N) is 3. The first kappa shape index (κ1) is 20.8. The summed E-state index contributed by atoms with van der Waals surface area (Å²) in [6.45, 7) is 3.26. The average molecular weight is 435 g/mol. The average Bonchev–Trinajstić information content (AvgIpc) is 3.59. The second-order valence-corrected chi connectivity index (χ2v) is 8.40. The third kappa shape index (κ3) is 4.59. The third-order valence-corrected chi connectivity index (χ3v) is 6.15. The number of carbonyl (C=O) groups is 1. The molecule has 1 aliphatic heterocycles. The number of halogens is 1. The van der Waals surface area contributed by atoms with Gasteiger partial charge in [-0.3, -0.25) is 9.69 Å². The van der Waals surface area contributed by atoms with Crippen molar-refractivity contribution in [3.63, 3.8) is 0 Å². The molecule has 1 aromatic heterocycles.